The van der Waals surface area contributed by atoms with Gasteiger partial charge in [-0.25, -0.2) is 0 Å². The third-order valence-corrected chi connectivity index (χ3v) is 3.09. The molecule has 1 fully saturated rings. The average molecular weight is 169 g/mol. The Morgan fingerprint density at radius 1 is 1.42 bits per heavy atom. The summed E-state index contributed by atoms with van der Waals surface area (Å²) in [6.45, 7) is 2.16. The summed E-state index contributed by atoms with van der Waals surface area (Å²) in [4.78, 5) is 11.3. The molecule has 2 heteroatoms. The van der Waals surface area contributed by atoms with Gasteiger partial charge in [0.1, 0.15) is 0 Å². The second kappa shape index (κ2) is 3.92. The quantitative estimate of drug-likeness (QED) is 0.689. The predicted octanol–water partition coefficient (Wildman–Crippen LogP) is 2.22. The number of nitrogens with two attached hydrogens (primary N) is 1. The predicted molar refractivity (Wildman–Crippen MR) is 49.6 cm³/mol. The molecule has 0 aromatic carbocycles. The fourth-order valence-electron chi connectivity index (χ4n) is 2.19. The highest BCUT2D eigenvalue weighted by Crippen LogP contribution is 2.41. The van der Waals surface area contributed by atoms with Gasteiger partial charge in [0.15, 0.2) is 0 Å². The first-order valence-electron chi connectivity index (χ1n) is 5.01. The van der Waals surface area contributed by atoms with Crippen LogP contribution in [0.2, 0.25) is 0 Å². The van der Waals surface area contributed by atoms with Crippen molar-refractivity contribution in [1.82, 2.24) is 0 Å². The highest BCUT2D eigenvalue weighted by atomic mass is 16.1. The average Bonchev–Trinajstić information content (AvgIpc) is 2.50. The summed E-state index contributed by atoms with van der Waals surface area (Å²) in [6.07, 6.45) is 7.75. The molecular formula is C10H19NO. The summed E-state index contributed by atoms with van der Waals surface area (Å²) >= 11 is 0. The lowest BCUT2D eigenvalue weighted by atomic mass is 9.80. The van der Waals surface area contributed by atoms with Gasteiger partial charge in [0.2, 0.25) is 5.91 Å². The molecule has 12 heavy (non-hydrogen) atoms. The third-order valence-electron chi connectivity index (χ3n) is 3.09. The maximum Gasteiger partial charge on any atom is 0.223 e. The molecule has 1 amide bonds. The van der Waals surface area contributed by atoms with Crippen LogP contribution in [0.25, 0.3) is 0 Å². The lowest BCUT2D eigenvalue weighted by molar-refractivity contribution is -0.127. The van der Waals surface area contributed by atoms with Crippen LogP contribution < -0.4 is 5.73 Å². The Balaban J connectivity index is 2.53. The van der Waals surface area contributed by atoms with Crippen LogP contribution in [0.15, 0.2) is 0 Å². The summed E-state index contributed by atoms with van der Waals surface area (Å²) in [5, 5.41) is 0. The van der Waals surface area contributed by atoms with Crippen molar-refractivity contribution in [3.63, 3.8) is 0 Å². The molecule has 0 bridgehead atoms. The standard InChI is InChI=1S/C10H19NO/c1-2-3-6-10(9(11)12)7-4-5-8-10/h2-8H2,1H3,(H2,11,12). The Kier molecular flexibility index (Phi) is 3.12. The van der Waals surface area contributed by atoms with Crippen molar-refractivity contribution in [1.29, 1.82) is 0 Å². The van der Waals surface area contributed by atoms with E-state index in [1.165, 1.54) is 12.8 Å². The molecule has 1 rings (SSSR count). The van der Waals surface area contributed by atoms with Crippen LogP contribution in [0, 0.1) is 5.41 Å². The molecule has 1 aliphatic rings. The Labute approximate surface area is 74.5 Å². The van der Waals surface area contributed by atoms with Gasteiger partial charge in [-0.2, -0.15) is 0 Å². The molecule has 2 N–H and O–H groups in total. The fourth-order valence-corrected chi connectivity index (χ4v) is 2.19. The van der Waals surface area contributed by atoms with Crippen molar-refractivity contribution in [2.24, 2.45) is 11.1 Å². The summed E-state index contributed by atoms with van der Waals surface area (Å²) in [5.41, 5.74) is 5.32. The SMILES string of the molecule is CCCCC1(C(N)=O)CCCC1. The molecule has 2 nitrogen and oxygen atoms in total. The van der Waals surface area contributed by atoms with Crippen molar-refractivity contribution in [3.8, 4) is 0 Å². The Morgan fingerprint density at radius 2 is 2.00 bits per heavy atom. The molecule has 0 heterocycles. The number of carbonyl (C=O) groups excluding carboxylic acids is 1. The lowest BCUT2D eigenvalue weighted by Crippen LogP contribution is -2.34. The second-order valence-corrected chi connectivity index (χ2v) is 3.96. The van der Waals surface area contributed by atoms with Crippen LogP contribution in [0.3, 0.4) is 0 Å². The molecule has 1 saturated carbocycles. The van der Waals surface area contributed by atoms with Crippen LogP contribution >= 0.6 is 0 Å². The summed E-state index contributed by atoms with van der Waals surface area (Å²) < 4.78 is 0. The summed E-state index contributed by atoms with van der Waals surface area (Å²) in [6, 6.07) is 0. The van der Waals surface area contributed by atoms with Gasteiger partial charge in [-0.3, -0.25) is 4.79 Å². The van der Waals surface area contributed by atoms with Gasteiger partial charge in [0, 0.05) is 5.41 Å². The van der Waals surface area contributed by atoms with E-state index in [0.717, 1.165) is 32.1 Å². The van der Waals surface area contributed by atoms with E-state index in [1.54, 1.807) is 0 Å². The number of rotatable bonds is 4. The Morgan fingerprint density at radius 3 is 2.42 bits per heavy atom. The zero-order valence-electron chi connectivity index (χ0n) is 7.94. The number of hydrogen-bond donors (Lipinski definition) is 1. The summed E-state index contributed by atoms with van der Waals surface area (Å²) in [5.74, 6) is -0.0616. The highest BCUT2D eigenvalue weighted by molar-refractivity contribution is 5.81. The molecule has 0 atom stereocenters. The zero-order chi connectivity index (χ0) is 9.03. The van der Waals surface area contributed by atoms with E-state index in [0.29, 0.717) is 0 Å². The molecule has 0 aromatic rings. The largest absolute Gasteiger partial charge is 0.369 e. The van der Waals surface area contributed by atoms with Crippen molar-refractivity contribution >= 4 is 5.91 Å². The van der Waals surface area contributed by atoms with E-state index >= 15 is 0 Å². The minimum atomic E-state index is -0.115. The smallest absolute Gasteiger partial charge is 0.223 e. The van der Waals surface area contributed by atoms with E-state index in [-0.39, 0.29) is 11.3 Å². The van der Waals surface area contributed by atoms with E-state index in [2.05, 4.69) is 6.92 Å². The Hall–Kier alpha value is -0.530. The maximum absolute atomic E-state index is 11.3. The first-order valence-corrected chi connectivity index (χ1v) is 5.01. The van der Waals surface area contributed by atoms with Gasteiger partial charge < -0.3 is 5.73 Å². The van der Waals surface area contributed by atoms with Gasteiger partial charge in [0.05, 0.1) is 0 Å². The van der Waals surface area contributed by atoms with Crippen molar-refractivity contribution in [2.45, 2.75) is 51.9 Å². The minimum Gasteiger partial charge on any atom is -0.369 e. The van der Waals surface area contributed by atoms with E-state index in [9.17, 15) is 4.79 Å². The number of primary amides is 1. The highest BCUT2D eigenvalue weighted by Gasteiger charge is 2.38. The topological polar surface area (TPSA) is 43.1 Å². The number of hydrogen-bond acceptors (Lipinski definition) is 1. The normalized spacial score (nSPS) is 21.1. The number of carbonyl (C=O) groups is 1. The van der Waals surface area contributed by atoms with Gasteiger partial charge in [-0.1, -0.05) is 32.6 Å². The molecule has 0 radical (unpaired) electrons. The summed E-state index contributed by atoms with van der Waals surface area (Å²) in [7, 11) is 0. The van der Waals surface area contributed by atoms with Crippen LogP contribution in [0.5, 0.6) is 0 Å². The van der Waals surface area contributed by atoms with Crippen LogP contribution in [0.4, 0.5) is 0 Å². The van der Waals surface area contributed by atoms with E-state index in [1.807, 2.05) is 0 Å². The van der Waals surface area contributed by atoms with Gasteiger partial charge in [-0.05, 0) is 19.3 Å². The zero-order valence-corrected chi connectivity index (χ0v) is 7.94. The minimum absolute atomic E-state index is 0.0616. The van der Waals surface area contributed by atoms with E-state index in [4.69, 9.17) is 5.73 Å². The van der Waals surface area contributed by atoms with Crippen molar-refractivity contribution < 1.29 is 4.79 Å². The van der Waals surface area contributed by atoms with Gasteiger partial charge >= 0.3 is 0 Å². The van der Waals surface area contributed by atoms with Gasteiger partial charge in [0.25, 0.3) is 0 Å². The first kappa shape index (κ1) is 9.56. The third kappa shape index (κ3) is 1.79. The molecular weight excluding hydrogens is 150 g/mol. The number of unbranched alkanes of at least 4 members (excludes halogenated alkanes) is 1. The van der Waals surface area contributed by atoms with E-state index < -0.39 is 0 Å². The monoisotopic (exact) mass is 169 g/mol. The van der Waals surface area contributed by atoms with Crippen molar-refractivity contribution in [2.75, 3.05) is 0 Å². The molecule has 70 valence electrons. The number of amides is 1. The van der Waals surface area contributed by atoms with Gasteiger partial charge in [-0.15, -0.1) is 0 Å². The maximum atomic E-state index is 11.3. The molecule has 0 saturated heterocycles. The Bertz CT molecular complexity index is 159. The van der Waals surface area contributed by atoms with Crippen LogP contribution in [-0.4, -0.2) is 5.91 Å². The van der Waals surface area contributed by atoms with Crippen LogP contribution in [-0.2, 0) is 4.79 Å². The van der Waals surface area contributed by atoms with Crippen LogP contribution in [0.1, 0.15) is 51.9 Å². The first-order chi connectivity index (χ1) is 5.71. The molecule has 0 aromatic heterocycles. The molecule has 1 aliphatic carbocycles. The molecule has 0 aliphatic heterocycles. The molecule has 0 unspecified atom stereocenters. The second-order valence-electron chi connectivity index (χ2n) is 3.96. The lowest BCUT2D eigenvalue weighted by Gasteiger charge is -2.24. The van der Waals surface area contributed by atoms with Crippen molar-refractivity contribution in [3.05, 3.63) is 0 Å². The fraction of sp³-hybridized carbons (Fsp3) is 0.900. The molecule has 0 spiro atoms.